The van der Waals surface area contributed by atoms with Gasteiger partial charge in [0.2, 0.25) is 0 Å². The number of carbonyl (C=O) groups is 1. The van der Waals surface area contributed by atoms with Crippen LogP contribution in [0.5, 0.6) is 0 Å². The van der Waals surface area contributed by atoms with Gasteiger partial charge in [0.25, 0.3) is 0 Å². The molecule has 0 aliphatic heterocycles. The highest BCUT2D eigenvalue weighted by Gasteiger charge is 2.63. The lowest BCUT2D eigenvalue weighted by Gasteiger charge is -2.58. The molecule has 6 atom stereocenters. The molecular formula is C21H28O2. The van der Waals surface area contributed by atoms with Crippen molar-refractivity contribution >= 4 is 5.78 Å². The SMILES string of the molecule is C#C[C@@]1(O)CC[C@@H]2[C@H]3CCC4=CC(=O)CC[C@]4(C)[C@H]3CC[C@]21C. The number of ketones is 1. The van der Waals surface area contributed by atoms with E-state index in [2.05, 4.69) is 19.8 Å². The van der Waals surface area contributed by atoms with Gasteiger partial charge >= 0.3 is 0 Å². The number of hydrogen-bond donors (Lipinski definition) is 1. The van der Waals surface area contributed by atoms with Crippen molar-refractivity contribution in [2.24, 2.45) is 28.6 Å². The van der Waals surface area contributed by atoms with E-state index in [1.54, 1.807) is 0 Å². The minimum atomic E-state index is -0.914. The Labute approximate surface area is 139 Å². The zero-order valence-electron chi connectivity index (χ0n) is 14.4. The molecule has 0 radical (unpaired) electrons. The van der Waals surface area contributed by atoms with E-state index >= 15 is 0 Å². The molecule has 0 heterocycles. The fourth-order valence-electron chi connectivity index (χ4n) is 6.81. The Balaban J connectivity index is 1.70. The molecule has 23 heavy (non-hydrogen) atoms. The minimum Gasteiger partial charge on any atom is -0.377 e. The number of fused-ring (bicyclic) bond motifs is 5. The van der Waals surface area contributed by atoms with E-state index in [1.165, 1.54) is 12.0 Å². The van der Waals surface area contributed by atoms with E-state index in [9.17, 15) is 9.90 Å². The maximum atomic E-state index is 11.8. The van der Waals surface area contributed by atoms with Crippen molar-refractivity contribution < 1.29 is 9.90 Å². The van der Waals surface area contributed by atoms with Gasteiger partial charge in [0.05, 0.1) is 0 Å². The highest BCUT2D eigenvalue weighted by atomic mass is 16.3. The van der Waals surface area contributed by atoms with Gasteiger partial charge < -0.3 is 5.11 Å². The summed E-state index contributed by atoms with van der Waals surface area (Å²) in [5.74, 6) is 4.93. The normalized spacial score (nSPS) is 52.0. The summed E-state index contributed by atoms with van der Waals surface area (Å²) in [7, 11) is 0. The third kappa shape index (κ3) is 1.84. The van der Waals surface area contributed by atoms with Crippen LogP contribution in [-0.4, -0.2) is 16.5 Å². The van der Waals surface area contributed by atoms with Gasteiger partial charge in [0, 0.05) is 11.8 Å². The van der Waals surface area contributed by atoms with Gasteiger partial charge in [-0.25, -0.2) is 0 Å². The molecule has 0 bridgehead atoms. The Morgan fingerprint density at radius 3 is 2.61 bits per heavy atom. The first-order valence-corrected chi connectivity index (χ1v) is 9.28. The summed E-state index contributed by atoms with van der Waals surface area (Å²) in [6.07, 6.45) is 15.6. The Morgan fingerprint density at radius 2 is 1.87 bits per heavy atom. The van der Waals surface area contributed by atoms with Gasteiger partial charge in [0.15, 0.2) is 5.78 Å². The second-order valence-corrected chi connectivity index (χ2v) is 8.97. The topological polar surface area (TPSA) is 37.3 Å². The predicted octanol–water partition coefficient (Wildman–Crippen LogP) is 3.88. The molecule has 0 aromatic heterocycles. The quantitative estimate of drug-likeness (QED) is 0.689. The monoisotopic (exact) mass is 312 g/mol. The molecular weight excluding hydrogens is 284 g/mol. The highest BCUT2D eigenvalue weighted by molar-refractivity contribution is 5.91. The summed E-state index contributed by atoms with van der Waals surface area (Å²) < 4.78 is 0. The summed E-state index contributed by atoms with van der Waals surface area (Å²) in [5, 5.41) is 11.0. The second-order valence-electron chi connectivity index (χ2n) is 8.97. The van der Waals surface area contributed by atoms with Crippen molar-refractivity contribution in [2.75, 3.05) is 0 Å². The van der Waals surface area contributed by atoms with E-state index in [1.807, 2.05) is 6.08 Å². The largest absolute Gasteiger partial charge is 0.377 e. The molecule has 4 rings (SSSR count). The number of hydrogen-bond acceptors (Lipinski definition) is 2. The Kier molecular flexibility index (Phi) is 3.18. The van der Waals surface area contributed by atoms with Crippen LogP contribution in [0.2, 0.25) is 0 Å². The maximum Gasteiger partial charge on any atom is 0.155 e. The number of terminal acetylenes is 1. The molecule has 124 valence electrons. The van der Waals surface area contributed by atoms with E-state index in [0.29, 0.717) is 30.0 Å². The molecule has 2 heteroatoms. The molecule has 1 N–H and O–H groups in total. The van der Waals surface area contributed by atoms with E-state index in [0.717, 1.165) is 38.5 Å². The molecule has 0 aromatic carbocycles. The molecule has 2 nitrogen and oxygen atoms in total. The van der Waals surface area contributed by atoms with Crippen LogP contribution in [0.15, 0.2) is 11.6 Å². The third-order valence-electron chi connectivity index (χ3n) is 8.35. The number of carbonyl (C=O) groups excluding carboxylic acids is 1. The molecule has 0 spiro atoms. The number of rotatable bonds is 0. The average Bonchev–Trinajstić information content (AvgIpc) is 2.80. The van der Waals surface area contributed by atoms with Gasteiger partial charge in [-0.15, -0.1) is 6.42 Å². The third-order valence-corrected chi connectivity index (χ3v) is 8.35. The maximum absolute atomic E-state index is 11.8. The molecule has 0 aromatic rings. The Bertz CT molecular complexity index is 626. The van der Waals surface area contributed by atoms with Crippen LogP contribution in [0, 0.1) is 40.9 Å². The summed E-state index contributed by atoms with van der Waals surface area (Å²) in [6, 6.07) is 0. The van der Waals surface area contributed by atoms with Gasteiger partial charge in [-0.2, -0.15) is 0 Å². The van der Waals surface area contributed by atoms with E-state index in [4.69, 9.17) is 6.42 Å². The van der Waals surface area contributed by atoms with Gasteiger partial charge in [-0.1, -0.05) is 25.3 Å². The first kappa shape index (κ1) is 15.5. The first-order valence-electron chi connectivity index (χ1n) is 9.28. The lowest BCUT2D eigenvalue weighted by Crippen LogP contribution is -2.54. The Morgan fingerprint density at radius 1 is 1.13 bits per heavy atom. The van der Waals surface area contributed by atoms with Crippen molar-refractivity contribution in [1.82, 2.24) is 0 Å². The predicted molar refractivity (Wildman–Crippen MR) is 90.5 cm³/mol. The summed E-state index contributed by atoms with van der Waals surface area (Å²) in [6.45, 7) is 4.63. The summed E-state index contributed by atoms with van der Waals surface area (Å²) in [5.41, 5.74) is 0.575. The molecule has 0 amide bonds. The molecule has 0 unspecified atom stereocenters. The lowest BCUT2D eigenvalue weighted by molar-refractivity contribution is -0.119. The first-order chi connectivity index (χ1) is 10.8. The Hall–Kier alpha value is -1.07. The zero-order chi connectivity index (χ0) is 16.5. The molecule has 4 aliphatic rings. The van der Waals surface area contributed by atoms with Crippen LogP contribution in [0.3, 0.4) is 0 Å². The average molecular weight is 312 g/mol. The summed E-state index contributed by atoms with van der Waals surface area (Å²) >= 11 is 0. The van der Waals surface area contributed by atoms with Crippen LogP contribution in [0.1, 0.15) is 65.2 Å². The number of aliphatic hydroxyl groups is 1. The van der Waals surface area contributed by atoms with E-state index in [-0.39, 0.29) is 10.8 Å². The fourth-order valence-corrected chi connectivity index (χ4v) is 6.81. The van der Waals surface area contributed by atoms with Crippen LogP contribution >= 0.6 is 0 Å². The van der Waals surface area contributed by atoms with Gasteiger partial charge in [0.1, 0.15) is 5.60 Å². The summed E-state index contributed by atoms with van der Waals surface area (Å²) in [4.78, 5) is 11.8. The van der Waals surface area contributed by atoms with Crippen molar-refractivity contribution in [2.45, 2.75) is 70.8 Å². The standard InChI is InChI=1S/C21H28O2/c1-4-21(23)12-9-18-16-6-5-14-13-15(22)7-10-19(14,2)17(16)8-11-20(18,21)3/h1,13,16-18,23H,5-12H2,2-3H3/t16-,17-,18+,19-,20+,21+/m0/s1. The van der Waals surface area contributed by atoms with Crippen LogP contribution < -0.4 is 0 Å². The van der Waals surface area contributed by atoms with Crippen LogP contribution in [-0.2, 0) is 4.79 Å². The van der Waals surface area contributed by atoms with Crippen molar-refractivity contribution in [3.05, 3.63) is 11.6 Å². The lowest BCUT2D eigenvalue weighted by atomic mass is 9.46. The molecule has 3 fully saturated rings. The second kappa shape index (κ2) is 4.73. The fraction of sp³-hybridized carbons (Fsp3) is 0.762. The molecule has 4 aliphatic carbocycles. The van der Waals surface area contributed by atoms with Crippen molar-refractivity contribution in [3.8, 4) is 12.3 Å². The molecule has 0 saturated heterocycles. The van der Waals surface area contributed by atoms with Gasteiger partial charge in [-0.3, -0.25) is 4.79 Å². The molecule has 3 saturated carbocycles. The van der Waals surface area contributed by atoms with Crippen LogP contribution in [0.4, 0.5) is 0 Å². The van der Waals surface area contributed by atoms with Crippen molar-refractivity contribution in [1.29, 1.82) is 0 Å². The minimum absolute atomic E-state index is 0.120. The van der Waals surface area contributed by atoms with Gasteiger partial charge in [-0.05, 0) is 74.2 Å². The zero-order valence-corrected chi connectivity index (χ0v) is 14.4. The number of allylic oxidation sites excluding steroid dienone is 1. The van der Waals surface area contributed by atoms with Crippen molar-refractivity contribution in [3.63, 3.8) is 0 Å². The van der Waals surface area contributed by atoms with Crippen LogP contribution in [0.25, 0.3) is 0 Å². The van der Waals surface area contributed by atoms with E-state index < -0.39 is 5.60 Å². The smallest absolute Gasteiger partial charge is 0.155 e. The highest BCUT2D eigenvalue weighted by Crippen LogP contribution is 2.67.